The summed E-state index contributed by atoms with van der Waals surface area (Å²) in [6, 6.07) is 17.9. The van der Waals surface area contributed by atoms with Crippen molar-refractivity contribution in [2.24, 2.45) is 0 Å². The first-order valence-corrected chi connectivity index (χ1v) is 8.09. The highest BCUT2D eigenvalue weighted by Gasteiger charge is 2.22. The molecule has 2 aromatic carbocycles. The molecule has 3 rings (SSSR count). The van der Waals surface area contributed by atoms with Crippen LogP contribution in [0.1, 0.15) is 48.4 Å². The van der Waals surface area contributed by atoms with E-state index in [1.54, 1.807) is 0 Å². The zero-order valence-electron chi connectivity index (χ0n) is 11.8. The van der Waals surface area contributed by atoms with Crippen LogP contribution in [0.2, 0.25) is 0 Å². The predicted octanol–water partition coefficient (Wildman–Crippen LogP) is 5.18. The Hall–Kier alpha value is -1.12. The average molecular weight is 330 g/mol. The van der Waals surface area contributed by atoms with Crippen LogP contribution in [0.3, 0.4) is 0 Å². The summed E-state index contributed by atoms with van der Waals surface area (Å²) in [5, 5.41) is 3.59. The normalized spacial score (nSPS) is 16.1. The molecule has 1 aliphatic carbocycles. The molecule has 1 saturated carbocycles. The van der Waals surface area contributed by atoms with Crippen molar-refractivity contribution in [3.05, 3.63) is 69.7 Å². The molecule has 1 fully saturated rings. The van der Waals surface area contributed by atoms with Crippen molar-refractivity contribution in [3.63, 3.8) is 0 Å². The van der Waals surface area contributed by atoms with E-state index in [-0.39, 0.29) is 0 Å². The summed E-state index contributed by atoms with van der Waals surface area (Å²) in [4.78, 5) is 0. The summed E-state index contributed by atoms with van der Waals surface area (Å²) in [7, 11) is 0. The minimum atomic E-state index is 0.357. The van der Waals surface area contributed by atoms with E-state index in [1.165, 1.54) is 29.5 Å². The molecule has 0 heterocycles. The third-order valence-electron chi connectivity index (χ3n) is 3.99. The average Bonchev–Trinajstić information content (AvgIpc) is 3.30. The number of benzene rings is 2. The van der Waals surface area contributed by atoms with E-state index < -0.39 is 0 Å². The lowest BCUT2D eigenvalue weighted by atomic mass is 10.1. The van der Waals surface area contributed by atoms with Crippen molar-refractivity contribution in [1.29, 1.82) is 0 Å². The fraction of sp³-hybridized carbons (Fsp3) is 0.333. The van der Waals surface area contributed by atoms with Crippen molar-refractivity contribution < 1.29 is 0 Å². The first-order chi connectivity index (χ1) is 9.72. The van der Waals surface area contributed by atoms with E-state index in [0.717, 1.165) is 16.9 Å². The third-order valence-corrected chi connectivity index (χ3v) is 4.48. The molecule has 104 valence electrons. The zero-order chi connectivity index (χ0) is 13.9. The molecule has 1 atom stereocenters. The molecule has 0 bridgehead atoms. The largest absolute Gasteiger partial charge is 0.306 e. The van der Waals surface area contributed by atoms with Gasteiger partial charge in [-0.25, -0.2) is 0 Å². The maximum Gasteiger partial charge on any atom is 0.0295 e. The van der Waals surface area contributed by atoms with Crippen LogP contribution in [-0.4, -0.2) is 0 Å². The monoisotopic (exact) mass is 329 g/mol. The van der Waals surface area contributed by atoms with Crippen LogP contribution >= 0.6 is 15.9 Å². The van der Waals surface area contributed by atoms with Crippen LogP contribution in [0.15, 0.2) is 53.0 Å². The summed E-state index contributed by atoms with van der Waals surface area (Å²) in [5.74, 6) is 0.845. The number of hydrogen-bond acceptors (Lipinski definition) is 1. The van der Waals surface area contributed by atoms with Gasteiger partial charge in [0.15, 0.2) is 0 Å². The van der Waals surface area contributed by atoms with Crippen LogP contribution in [0.5, 0.6) is 0 Å². The second-order valence-electron chi connectivity index (χ2n) is 5.67. The highest BCUT2D eigenvalue weighted by atomic mass is 79.9. The smallest absolute Gasteiger partial charge is 0.0295 e. The van der Waals surface area contributed by atoms with Gasteiger partial charge in [0.25, 0.3) is 0 Å². The Morgan fingerprint density at radius 2 is 1.90 bits per heavy atom. The molecule has 2 heteroatoms. The standard InChI is InChI=1S/C18H20BrN/c1-13(17-3-2-4-18(19)11-17)20-12-14-5-7-15(8-6-14)16-9-10-16/h2-8,11,13,16,20H,9-10,12H2,1H3/t13-/m0/s1. The van der Waals surface area contributed by atoms with E-state index in [1.807, 2.05) is 0 Å². The molecule has 20 heavy (non-hydrogen) atoms. The SMILES string of the molecule is C[C@H](NCc1ccc(C2CC2)cc1)c1cccc(Br)c1. The van der Waals surface area contributed by atoms with Gasteiger partial charge >= 0.3 is 0 Å². The van der Waals surface area contributed by atoms with Gasteiger partial charge < -0.3 is 5.32 Å². The second-order valence-corrected chi connectivity index (χ2v) is 6.59. The molecule has 0 aromatic heterocycles. The number of rotatable bonds is 5. The lowest BCUT2D eigenvalue weighted by Gasteiger charge is -2.15. The van der Waals surface area contributed by atoms with Crippen molar-refractivity contribution in [2.45, 2.75) is 38.3 Å². The van der Waals surface area contributed by atoms with Crippen molar-refractivity contribution in [2.75, 3.05) is 0 Å². The Morgan fingerprint density at radius 3 is 2.55 bits per heavy atom. The van der Waals surface area contributed by atoms with Gasteiger partial charge in [-0.05, 0) is 54.5 Å². The molecule has 0 saturated heterocycles. The van der Waals surface area contributed by atoms with Crippen molar-refractivity contribution in [1.82, 2.24) is 5.32 Å². The lowest BCUT2D eigenvalue weighted by Crippen LogP contribution is -2.18. The number of halogens is 1. The molecular weight excluding hydrogens is 310 g/mol. The Labute approximate surface area is 129 Å². The molecule has 0 amide bonds. The summed E-state index contributed by atoms with van der Waals surface area (Å²) in [6.45, 7) is 3.12. The van der Waals surface area contributed by atoms with Gasteiger partial charge in [-0.3, -0.25) is 0 Å². The Morgan fingerprint density at radius 1 is 1.15 bits per heavy atom. The van der Waals surface area contributed by atoms with E-state index >= 15 is 0 Å². The molecule has 1 N–H and O–H groups in total. The topological polar surface area (TPSA) is 12.0 Å². The van der Waals surface area contributed by atoms with Crippen LogP contribution < -0.4 is 5.32 Å². The van der Waals surface area contributed by atoms with Gasteiger partial charge in [-0.1, -0.05) is 52.3 Å². The van der Waals surface area contributed by atoms with Gasteiger partial charge in [0.2, 0.25) is 0 Å². The fourth-order valence-electron chi connectivity index (χ4n) is 2.49. The maximum absolute atomic E-state index is 3.59. The fourth-order valence-corrected chi connectivity index (χ4v) is 2.91. The van der Waals surface area contributed by atoms with E-state index in [4.69, 9.17) is 0 Å². The second kappa shape index (κ2) is 6.11. The summed E-state index contributed by atoms with van der Waals surface area (Å²) >= 11 is 3.53. The number of nitrogens with one attached hydrogen (secondary N) is 1. The van der Waals surface area contributed by atoms with Crippen LogP contribution in [0, 0.1) is 0 Å². The highest BCUT2D eigenvalue weighted by Crippen LogP contribution is 2.39. The van der Waals surface area contributed by atoms with Gasteiger partial charge in [0, 0.05) is 17.1 Å². The van der Waals surface area contributed by atoms with Crippen molar-refractivity contribution >= 4 is 15.9 Å². The van der Waals surface area contributed by atoms with E-state index in [2.05, 4.69) is 76.7 Å². The van der Waals surface area contributed by atoms with Crippen LogP contribution in [0.25, 0.3) is 0 Å². The molecule has 1 aliphatic rings. The number of hydrogen-bond donors (Lipinski definition) is 1. The van der Waals surface area contributed by atoms with Gasteiger partial charge in [-0.2, -0.15) is 0 Å². The van der Waals surface area contributed by atoms with Crippen LogP contribution in [-0.2, 0) is 6.54 Å². The van der Waals surface area contributed by atoms with E-state index in [9.17, 15) is 0 Å². The van der Waals surface area contributed by atoms with Crippen molar-refractivity contribution in [3.8, 4) is 0 Å². The minimum Gasteiger partial charge on any atom is -0.306 e. The molecule has 0 radical (unpaired) electrons. The predicted molar refractivity (Wildman–Crippen MR) is 87.8 cm³/mol. The van der Waals surface area contributed by atoms with Gasteiger partial charge in [-0.15, -0.1) is 0 Å². The molecular formula is C18H20BrN. The first-order valence-electron chi connectivity index (χ1n) is 7.30. The zero-order valence-corrected chi connectivity index (χ0v) is 13.4. The quantitative estimate of drug-likeness (QED) is 0.797. The third kappa shape index (κ3) is 3.50. The summed E-state index contributed by atoms with van der Waals surface area (Å²) in [6.07, 6.45) is 2.75. The summed E-state index contributed by atoms with van der Waals surface area (Å²) in [5.41, 5.74) is 4.18. The lowest BCUT2D eigenvalue weighted by molar-refractivity contribution is 0.574. The molecule has 0 aliphatic heterocycles. The van der Waals surface area contributed by atoms with Crippen LogP contribution in [0.4, 0.5) is 0 Å². The molecule has 0 unspecified atom stereocenters. The molecule has 2 aromatic rings. The Kier molecular flexibility index (Phi) is 4.23. The van der Waals surface area contributed by atoms with E-state index in [0.29, 0.717) is 6.04 Å². The molecule has 0 spiro atoms. The highest BCUT2D eigenvalue weighted by molar-refractivity contribution is 9.10. The Bertz CT molecular complexity index is 572. The minimum absolute atomic E-state index is 0.357. The van der Waals surface area contributed by atoms with Gasteiger partial charge in [0.1, 0.15) is 0 Å². The maximum atomic E-state index is 3.59. The Balaban J connectivity index is 1.58. The molecule has 1 nitrogen and oxygen atoms in total. The summed E-state index contributed by atoms with van der Waals surface area (Å²) < 4.78 is 1.14. The van der Waals surface area contributed by atoms with Gasteiger partial charge in [0.05, 0.1) is 0 Å². The first kappa shape index (κ1) is 13.8.